The van der Waals surface area contributed by atoms with Gasteiger partial charge in [-0.15, -0.1) is 11.6 Å². The van der Waals surface area contributed by atoms with Crippen molar-refractivity contribution >= 4 is 34.4 Å². The van der Waals surface area contributed by atoms with E-state index in [0.717, 1.165) is 35.9 Å². The van der Waals surface area contributed by atoms with Gasteiger partial charge in [-0.3, -0.25) is 0 Å². The van der Waals surface area contributed by atoms with Gasteiger partial charge in [-0.2, -0.15) is 0 Å². The number of aryl methyl sites for hydroxylation is 2. The lowest BCUT2D eigenvalue weighted by atomic mass is 10.0. The standard InChI is InChI=1S/C16H21Cl2N3/c17-8-7-15-20-14-10-13(18)11-19-16(14)21(15)9-3-6-12-4-1-2-5-12/h10-12H,1-9H2. The molecule has 1 aliphatic rings. The number of halogens is 2. The smallest absolute Gasteiger partial charge is 0.160 e. The van der Waals surface area contributed by atoms with E-state index in [1.54, 1.807) is 6.20 Å². The van der Waals surface area contributed by atoms with E-state index in [4.69, 9.17) is 23.2 Å². The number of hydrogen-bond donors (Lipinski definition) is 0. The molecule has 0 bridgehead atoms. The van der Waals surface area contributed by atoms with Crippen LogP contribution in [0.2, 0.25) is 5.02 Å². The number of fused-ring (bicyclic) bond motifs is 1. The summed E-state index contributed by atoms with van der Waals surface area (Å²) in [7, 11) is 0. The molecule has 0 atom stereocenters. The van der Waals surface area contributed by atoms with Crippen molar-refractivity contribution in [2.24, 2.45) is 5.92 Å². The number of aromatic nitrogens is 3. The highest BCUT2D eigenvalue weighted by Gasteiger charge is 2.16. The van der Waals surface area contributed by atoms with E-state index in [2.05, 4.69) is 14.5 Å². The molecular weight excluding hydrogens is 305 g/mol. The van der Waals surface area contributed by atoms with E-state index < -0.39 is 0 Å². The largest absolute Gasteiger partial charge is 0.313 e. The summed E-state index contributed by atoms with van der Waals surface area (Å²) in [5.74, 6) is 2.54. The van der Waals surface area contributed by atoms with Gasteiger partial charge in [0, 0.05) is 25.0 Å². The van der Waals surface area contributed by atoms with Crippen LogP contribution in [0.15, 0.2) is 12.3 Å². The van der Waals surface area contributed by atoms with Crippen LogP contribution in [0.25, 0.3) is 11.2 Å². The van der Waals surface area contributed by atoms with E-state index in [1.807, 2.05) is 6.07 Å². The molecule has 0 saturated heterocycles. The van der Waals surface area contributed by atoms with Crippen molar-refractivity contribution in [1.29, 1.82) is 0 Å². The summed E-state index contributed by atoms with van der Waals surface area (Å²) in [6.45, 7) is 0.980. The van der Waals surface area contributed by atoms with Crippen LogP contribution in [0, 0.1) is 5.92 Å². The number of rotatable bonds is 6. The molecule has 1 fully saturated rings. The van der Waals surface area contributed by atoms with Crippen molar-refractivity contribution in [3.8, 4) is 0 Å². The molecular formula is C16H21Cl2N3. The molecule has 0 aromatic carbocycles. The molecule has 0 N–H and O–H groups in total. The molecule has 2 aromatic heterocycles. The highest BCUT2D eigenvalue weighted by atomic mass is 35.5. The van der Waals surface area contributed by atoms with Crippen molar-refractivity contribution in [2.45, 2.75) is 51.5 Å². The third-order valence-electron chi connectivity index (χ3n) is 4.42. The summed E-state index contributed by atoms with van der Waals surface area (Å²) in [5, 5.41) is 0.635. The normalized spacial score (nSPS) is 16.1. The highest BCUT2D eigenvalue weighted by molar-refractivity contribution is 6.31. The van der Waals surface area contributed by atoms with Crippen molar-refractivity contribution in [2.75, 3.05) is 5.88 Å². The molecule has 5 heteroatoms. The Balaban J connectivity index is 1.76. The number of hydrogen-bond acceptors (Lipinski definition) is 2. The van der Waals surface area contributed by atoms with E-state index in [9.17, 15) is 0 Å². The summed E-state index contributed by atoms with van der Waals surface area (Å²) >= 11 is 11.9. The average Bonchev–Trinajstić information content (AvgIpc) is 3.08. The quantitative estimate of drug-likeness (QED) is 0.711. The Kier molecular flexibility index (Phi) is 5.02. The summed E-state index contributed by atoms with van der Waals surface area (Å²) in [6.07, 6.45) is 10.6. The average molecular weight is 326 g/mol. The molecule has 0 radical (unpaired) electrons. The maximum Gasteiger partial charge on any atom is 0.160 e. The third kappa shape index (κ3) is 3.51. The fourth-order valence-corrected chi connectivity index (χ4v) is 3.70. The van der Waals surface area contributed by atoms with Gasteiger partial charge in [-0.1, -0.05) is 37.3 Å². The predicted octanol–water partition coefficient (Wildman–Crippen LogP) is 4.84. The first-order chi connectivity index (χ1) is 10.3. The first-order valence-electron chi connectivity index (χ1n) is 7.84. The van der Waals surface area contributed by atoms with Crippen LogP contribution in [-0.4, -0.2) is 20.4 Å². The fraction of sp³-hybridized carbons (Fsp3) is 0.625. The Labute approximate surface area is 135 Å². The first-order valence-corrected chi connectivity index (χ1v) is 8.76. The van der Waals surface area contributed by atoms with Gasteiger partial charge >= 0.3 is 0 Å². The topological polar surface area (TPSA) is 30.7 Å². The van der Waals surface area contributed by atoms with Crippen LogP contribution < -0.4 is 0 Å². The lowest BCUT2D eigenvalue weighted by Crippen LogP contribution is -2.07. The number of nitrogens with zero attached hydrogens (tertiary/aromatic N) is 3. The molecule has 0 spiro atoms. The fourth-order valence-electron chi connectivity index (χ4n) is 3.38. The summed E-state index contributed by atoms with van der Waals surface area (Å²) in [6, 6.07) is 1.88. The van der Waals surface area contributed by atoms with Crippen molar-refractivity contribution < 1.29 is 0 Å². The third-order valence-corrected chi connectivity index (χ3v) is 4.81. The number of pyridine rings is 1. The molecule has 3 rings (SSSR count). The molecule has 2 heterocycles. The number of imidazole rings is 1. The molecule has 0 unspecified atom stereocenters. The Bertz CT molecular complexity index is 603. The van der Waals surface area contributed by atoms with Gasteiger partial charge in [-0.05, 0) is 24.8 Å². The lowest BCUT2D eigenvalue weighted by Gasteiger charge is -2.11. The zero-order chi connectivity index (χ0) is 14.7. The second-order valence-corrected chi connectivity index (χ2v) is 6.72. The molecule has 2 aromatic rings. The molecule has 0 amide bonds. The lowest BCUT2D eigenvalue weighted by molar-refractivity contribution is 0.457. The maximum absolute atomic E-state index is 6.01. The SMILES string of the molecule is ClCCc1nc2cc(Cl)cnc2n1CCCC1CCCC1. The van der Waals surface area contributed by atoms with Crippen molar-refractivity contribution in [3.63, 3.8) is 0 Å². The Morgan fingerprint density at radius 2 is 2.10 bits per heavy atom. The van der Waals surface area contributed by atoms with E-state index in [-0.39, 0.29) is 0 Å². The van der Waals surface area contributed by atoms with E-state index in [0.29, 0.717) is 10.9 Å². The second-order valence-electron chi connectivity index (χ2n) is 5.91. The molecule has 1 aliphatic carbocycles. The predicted molar refractivity (Wildman–Crippen MR) is 88.2 cm³/mol. The van der Waals surface area contributed by atoms with Crippen molar-refractivity contribution in [1.82, 2.24) is 14.5 Å². The summed E-state index contributed by atoms with van der Waals surface area (Å²) in [5.41, 5.74) is 1.81. The minimum Gasteiger partial charge on any atom is -0.313 e. The Morgan fingerprint density at radius 1 is 1.29 bits per heavy atom. The van der Waals surface area contributed by atoms with Crippen LogP contribution in [0.3, 0.4) is 0 Å². The van der Waals surface area contributed by atoms with Crippen LogP contribution in [0.5, 0.6) is 0 Å². The Hall–Kier alpha value is -0.800. The van der Waals surface area contributed by atoms with Gasteiger partial charge in [0.15, 0.2) is 5.65 Å². The minimum absolute atomic E-state index is 0.583. The molecule has 3 nitrogen and oxygen atoms in total. The molecule has 1 saturated carbocycles. The molecule has 0 aliphatic heterocycles. The zero-order valence-corrected chi connectivity index (χ0v) is 13.7. The van der Waals surface area contributed by atoms with Crippen LogP contribution in [0.4, 0.5) is 0 Å². The first kappa shape index (κ1) is 15.1. The van der Waals surface area contributed by atoms with Crippen LogP contribution >= 0.6 is 23.2 Å². The Morgan fingerprint density at radius 3 is 2.86 bits per heavy atom. The minimum atomic E-state index is 0.583. The van der Waals surface area contributed by atoms with Gasteiger partial charge < -0.3 is 4.57 Å². The van der Waals surface area contributed by atoms with Gasteiger partial charge in [0.25, 0.3) is 0 Å². The zero-order valence-electron chi connectivity index (χ0n) is 12.2. The highest BCUT2D eigenvalue weighted by Crippen LogP contribution is 2.29. The van der Waals surface area contributed by atoms with Crippen molar-refractivity contribution in [3.05, 3.63) is 23.1 Å². The van der Waals surface area contributed by atoms with Gasteiger partial charge in [-0.25, -0.2) is 9.97 Å². The molecule has 21 heavy (non-hydrogen) atoms. The van der Waals surface area contributed by atoms with Gasteiger partial charge in [0.2, 0.25) is 0 Å². The maximum atomic E-state index is 6.01. The molecule has 114 valence electrons. The van der Waals surface area contributed by atoms with Crippen LogP contribution in [0.1, 0.15) is 44.3 Å². The summed E-state index contributed by atoms with van der Waals surface area (Å²) < 4.78 is 2.23. The second kappa shape index (κ2) is 6.97. The monoisotopic (exact) mass is 325 g/mol. The van der Waals surface area contributed by atoms with E-state index in [1.165, 1.54) is 38.5 Å². The van der Waals surface area contributed by atoms with E-state index >= 15 is 0 Å². The van der Waals surface area contributed by atoms with Gasteiger partial charge in [0.1, 0.15) is 11.3 Å². The van der Waals surface area contributed by atoms with Crippen LogP contribution in [-0.2, 0) is 13.0 Å². The number of alkyl halides is 1. The van der Waals surface area contributed by atoms with Gasteiger partial charge in [0.05, 0.1) is 5.02 Å². The summed E-state index contributed by atoms with van der Waals surface area (Å²) in [4.78, 5) is 9.10.